The summed E-state index contributed by atoms with van der Waals surface area (Å²) in [7, 11) is 1.81. The third-order valence-corrected chi connectivity index (χ3v) is 4.02. The van der Waals surface area contributed by atoms with Crippen LogP contribution in [0.15, 0.2) is 38.0 Å². The maximum Gasteiger partial charge on any atom is 0.174 e. The molecule has 0 fully saturated rings. The zero-order valence-electron chi connectivity index (χ0n) is 10.3. The first kappa shape index (κ1) is 13.9. The standard InChI is InChI=1S/C11H12BrN5OS/c1-6-9(10(13)16-18)11(17(2)15-6)19-8-4-3-7(12)5-14-8/h3-5,18H,1-2H3,(H2,13,16). The lowest BCUT2D eigenvalue weighted by molar-refractivity contribution is 0.318. The molecule has 6 nitrogen and oxygen atoms in total. The molecule has 0 aromatic carbocycles. The van der Waals surface area contributed by atoms with Crippen molar-refractivity contribution in [3.63, 3.8) is 0 Å². The molecule has 0 saturated carbocycles. The number of nitrogens with zero attached hydrogens (tertiary/aromatic N) is 4. The summed E-state index contributed by atoms with van der Waals surface area (Å²) in [6, 6.07) is 3.79. The third kappa shape index (κ3) is 2.90. The lowest BCUT2D eigenvalue weighted by Gasteiger charge is -2.04. The van der Waals surface area contributed by atoms with E-state index in [1.54, 1.807) is 10.9 Å². The van der Waals surface area contributed by atoms with E-state index in [1.165, 1.54) is 11.8 Å². The monoisotopic (exact) mass is 341 g/mol. The van der Waals surface area contributed by atoms with Crippen molar-refractivity contribution in [2.24, 2.45) is 17.9 Å². The van der Waals surface area contributed by atoms with E-state index in [1.807, 2.05) is 26.1 Å². The Bertz CT molecular complexity index is 623. The number of hydrogen-bond donors (Lipinski definition) is 2. The van der Waals surface area contributed by atoms with E-state index in [9.17, 15) is 0 Å². The summed E-state index contributed by atoms with van der Waals surface area (Å²) in [5, 5.41) is 17.8. The molecule has 0 saturated heterocycles. The van der Waals surface area contributed by atoms with Gasteiger partial charge in [0.25, 0.3) is 0 Å². The summed E-state index contributed by atoms with van der Waals surface area (Å²) in [4.78, 5) is 4.28. The first-order chi connectivity index (χ1) is 9.02. The predicted octanol–water partition coefficient (Wildman–Crippen LogP) is 2.13. The topological polar surface area (TPSA) is 89.3 Å². The Kier molecular flexibility index (Phi) is 4.11. The fourth-order valence-corrected chi connectivity index (χ4v) is 2.82. The van der Waals surface area contributed by atoms with Crippen molar-refractivity contribution in [2.45, 2.75) is 17.0 Å². The highest BCUT2D eigenvalue weighted by Gasteiger charge is 2.18. The highest BCUT2D eigenvalue weighted by atomic mass is 79.9. The molecular formula is C11H12BrN5OS. The van der Waals surface area contributed by atoms with Gasteiger partial charge in [-0.2, -0.15) is 5.10 Å². The van der Waals surface area contributed by atoms with Crippen molar-refractivity contribution < 1.29 is 5.21 Å². The fraction of sp³-hybridized carbons (Fsp3) is 0.182. The second kappa shape index (κ2) is 5.62. The maximum atomic E-state index is 8.84. The van der Waals surface area contributed by atoms with Gasteiger partial charge in [0.05, 0.1) is 11.3 Å². The number of pyridine rings is 1. The van der Waals surface area contributed by atoms with Gasteiger partial charge in [-0.05, 0) is 46.7 Å². The van der Waals surface area contributed by atoms with Crippen LogP contribution in [0.1, 0.15) is 11.3 Å². The highest BCUT2D eigenvalue weighted by molar-refractivity contribution is 9.10. The lowest BCUT2D eigenvalue weighted by Crippen LogP contribution is -2.15. The molecule has 19 heavy (non-hydrogen) atoms. The molecule has 0 radical (unpaired) electrons. The Morgan fingerprint density at radius 2 is 2.26 bits per heavy atom. The SMILES string of the molecule is Cc1nn(C)c(Sc2ccc(Br)cn2)c1C(N)=NO. The highest BCUT2D eigenvalue weighted by Crippen LogP contribution is 2.30. The Hall–Kier alpha value is -1.54. The molecule has 3 N–H and O–H groups in total. The van der Waals surface area contributed by atoms with Gasteiger partial charge in [0.15, 0.2) is 5.84 Å². The number of nitrogens with two attached hydrogens (primary N) is 1. The van der Waals surface area contributed by atoms with Crippen LogP contribution in [0.3, 0.4) is 0 Å². The van der Waals surface area contributed by atoms with Gasteiger partial charge in [-0.15, -0.1) is 0 Å². The van der Waals surface area contributed by atoms with Crippen LogP contribution in [0.4, 0.5) is 0 Å². The Morgan fingerprint density at radius 3 is 2.84 bits per heavy atom. The molecule has 0 aliphatic carbocycles. The first-order valence-corrected chi connectivity index (χ1v) is 6.94. The van der Waals surface area contributed by atoms with Gasteiger partial charge in [-0.3, -0.25) is 4.68 Å². The quantitative estimate of drug-likeness (QED) is 0.386. The molecule has 8 heteroatoms. The van der Waals surface area contributed by atoms with Gasteiger partial charge in [-0.25, -0.2) is 4.98 Å². The molecule has 0 bridgehead atoms. The Morgan fingerprint density at radius 1 is 1.53 bits per heavy atom. The smallest absolute Gasteiger partial charge is 0.174 e. The van der Waals surface area contributed by atoms with Crippen molar-refractivity contribution >= 4 is 33.5 Å². The van der Waals surface area contributed by atoms with Crippen LogP contribution in [0.25, 0.3) is 0 Å². The van der Waals surface area contributed by atoms with Crippen molar-refractivity contribution in [3.8, 4) is 0 Å². The van der Waals surface area contributed by atoms with Crippen LogP contribution in [-0.2, 0) is 7.05 Å². The summed E-state index contributed by atoms with van der Waals surface area (Å²) in [6.07, 6.45) is 1.72. The molecule has 0 aliphatic heterocycles. The van der Waals surface area contributed by atoms with Gasteiger partial charge >= 0.3 is 0 Å². The number of rotatable bonds is 3. The average Bonchev–Trinajstić information content (AvgIpc) is 2.66. The van der Waals surface area contributed by atoms with Crippen LogP contribution in [-0.4, -0.2) is 25.8 Å². The van der Waals surface area contributed by atoms with Gasteiger partial charge in [0.2, 0.25) is 0 Å². The van der Waals surface area contributed by atoms with Crippen molar-refractivity contribution in [1.29, 1.82) is 0 Å². The molecule has 2 rings (SSSR count). The molecular weight excluding hydrogens is 330 g/mol. The van der Waals surface area contributed by atoms with Crippen molar-refractivity contribution in [2.75, 3.05) is 0 Å². The summed E-state index contributed by atoms with van der Waals surface area (Å²) >= 11 is 4.75. The molecule has 2 aromatic heterocycles. The summed E-state index contributed by atoms with van der Waals surface area (Å²) in [5.74, 6) is 0.0465. The Balaban J connectivity index is 2.42. The molecule has 2 aromatic rings. The van der Waals surface area contributed by atoms with E-state index in [4.69, 9.17) is 10.9 Å². The third-order valence-electron chi connectivity index (χ3n) is 2.43. The van der Waals surface area contributed by atoms with E-state index in [0.717, 1.165) is 14.5 Å². The minimum atomic E-state index is 0.0465. The van der Waals surface area contributed by atoms with Crippen LogP contribution < -0.4 is 5.73 Å². The number of amidine groups is 1. The Labute approximate surface area is 122 Å². The number of aromatic nitrogens is 3. The number of halogens is 1. The predicted molar refractivity (Wildman–Crippen MR) is 76.5 cm³/mol. The molecule has 0 atom stereocenters. The van der Waals surface area contributed by atoms with Crippen molar-refractivity contribution in [3.05, 3.63) is 34.1 Å². The molecule has 2 heterocycles. The van der Waals surface area contributed by atoms with Gasteiger partial charge < -0.3 is 10.9 Å². The number of hydrogen-bond acceptors (Lipinski definition) is 5. The van der Waals surface area contributed by atoms with Crippen LogP contribution in [0.2, 0.25) is 0 Å². The summed E-state index contributed by atoms with van der Waals surface area (Å²) in [6.45, 7) is 1.81. The minimum absolute atomic E-state index is 0.0465. The molecule has 0 unspecified atom stereocenters. The van der Waals surface area contributed by atoms with Crippen LogP contribution in [0, 0.1) is 6.92 Å². The zero-order valence-corrected chi connectivity index (χ0v) is 12.7. The molecule has 0 spiro atoms. The van der Waals surface area contributed by atoms with Gasteiger partial charge in [0, 0.05) is 17.7 Å². The normalized spacial score (nSPS) is 11.8. The summed E-state index contributed by atoms with van der Waals surface area (Å²) in [5.41, 5.74) is 7.02. The second-order valence-corrected chi connectivity index (χ2v) is 5.72. The maximum absolute atomic E-state index is 8.84. The fourth-order valence-electron chi connectivity index (χ4n) is 1.62. The average molecular weight is 342 g/mol. The second-order valence-electron chi connectivity index (χ2n) is 3.79. The van der Waals surface area contributed by atoms with E-state index in [-0.39, 0.29) is 5.84 Å². The van der Waals surface area contributed by atoms with E-state index in [0.29, 0.717) is 11.3 Å². The van der Waals surface area contributed by atoms with Crippen LogP contribution in [0.5, 0.6) is 0 Å². The first-order valence-electron chi connectivity index (χ1n) is 5.34. The van der Waals surface area contributed by atoms with E-state index >= 15 is 0 Å². The van der Waals surface area contributed by atoms with Crippen LogP contribution >= 0.6 is 27.7 Å². The zero-order chi connectivity index (χ0) is 14.0. The largest absolute Gasteiger partial charge is 0.409 e. The summed E-state index contributed by atoms with van der Waals surface area (Å²) < 4.78 is 2.60. The molecule has 100 valence electrons. The van der Waals surface area contributed by atoms with Gasteiger partial charge in [-0.1, -0.05) is 5.16 Å². The number of aryl methyl sites for hydroxylation is 2. The minimum Gasteiger partial charge on any atom is -0.409 e. The van der Waals surface area contributed by atoms with E-state index < -0.39 is 0 Å². The van der Waals surface area contributed by atoms with E-state index in [2.05, 4.69) is 31.2 Å². The number of oxime groups is 1. The van der Waals surface area contributed by atoms with Gasteiger partial charge in [0.1, 0.15) is 10.1 Å². The lowest BCUT2D eigenvalue weighted by atomic mass is 10.2. The van der Waals surface area contributed by atoms with Crippen molar-refractivity contribution in [1.82, 2.24) is 14.8 Å². The molecule has 0 aliphatic rings. The molecule has 0 amide bonds.